The number of unbranched alkanes of at least 4 members (excludes halogenated alkanes) is 2. The summed E-state index contributed by atoms with van der Waals surface area (Å²) in [5.41, 5.74) is 2.17. The molecule has 2 N–H and O–H groups in total. The highest BCUT2D eigenvalue weighted by molar-refractivity contribution is 5.87. The van der Waals surface area contributed by atoms with Crippen molar-refractivity contribution in [2.24, 2.45) is 5.92 Å². The van der Waals surface area contributed by atoms with E-state index in [0.29, 0.717) is 30.3 Å². The molecule has 0 amide bonds. The van der Waals surface area contributed by atoms with Gasteiger partial charge in [-0.05, 0) is 52.0 Å². The highest BCUT2D eigenvalue weighted by Gasteiger charge is 2.07. The topological polar surface area (TPSA) is 136 Å². The lowest BCUT2D eigenvalue weighted by Gasteiger charge is -2.13. The molecule has 0 fully saturated rings. The van der Waals surface area contributed by atoms with Gasteiger partial charge < -0.3 is 24.4 Å². The first kappa shape index (κ1) is 49.6. The van der Waals surface area contributed by atoms with E-state index in [4.69, 9.17) is 19.7 Å². The molecule has 9 nitrogen and oxygen atoms in total. The van der Waals surface area contributed by atoms with Crippen LogP contribution in [-0.2, 0) is 33.4 Å². The van der Waals surface area contributed by atoms with Gasteiger partial charge in [0.25, 0.3) is 0 Å². The standard InChI is InChI=1S/C11H20O2.C8H14O2.C8H8.C7H12O3.C4H6O2/c1-4-7-8-10(5-2)9-13-11(12)6-3;1-4-5-6-10-8(9)7(2)3;1-2-8-6-4-3-5-7-8;1-5(2)7(9)10-4-6(3)8;1-3(2)4(5)6/h6,10H,3-5,7-9H2,1-2H3;2,4-6H2,1,3H3;2-7H,1H2;6,8H,1,4H2,2-3H3;1H2,2H3,(H,5,6). The number of carbonyl (C=O) groups excluding carboxylic acids is 3. The SMILES string of the molecule is C=C(C)C(=O)O.C=C(C)C(=O)OCC(C)O.C=C(C)C(=O)OCCCC.C=CC(=O)OCC(CC)CCCC.C=Cc1ccccc1. The largest absolute Gasteiger partial charge is 0.478 e. The second kappa shape index (κ2) is 34.6. The molecule has 1 aromatic carbocycles. The molecule has 1 aromatic rings. The number of carboxylic acids is 1. The maximum absolute atomic E-state index is 10.8. The summed E-state index contributed by atoms with van der Waals surface area (Å²) in [6.45, 7) is 30.6. The van der Waals surface area contributed by atoms with Crippen LogP contribution in [0, 0.1) is 5.92 Å². The number of aliphatic carboxylic acids is 1. The van der Waals surface area contributed by atoms with Crippen LogP contribution in [0.5, 0.6) is 0 Å². The van der Waals surface area contributed by atoms with Gasteiger partial charge in [-0.3, -0.25) is 0 Å². The predicted molar refractivity (Wildman–Crippen MR) is 192 cm³/mol. The van der Waals surface area contributed by atoms with E-state index in [1.54, 1.807) is 20.8 Å². The molecule has 0 aliphatic rings. The average Bonchev–Trinajstić information content (AvgIpc) is 3.04. The summed E-state index contributed by atoms with van der Waals surface area (Å²) in [5.74, 6) is -1.47. The Morgan fingerprint density at radius 2 is 1.28 bits per heavy atom. The van der Waals surface area contributed by atoms with E-state index in [1.807, 2.05) is 36.4 Å². The summed E-state index contributed by atoms with van der Waals surface area (Å²) >= 11 is 0. The van der Waals surface area contributed by atoms with E-state index in [1.165, 1.54) is 31.4 Å². The molecule has 0 aromatic heterocycles. The number of ether oxygens (including phenoxy) is 3. The van der Waals surface area contributed by atoms with Gasteiger partial charge in [-0.1, -0.05) is 116 Å². The Morgan fingerprint density at radius 1 is 0.787 bits per heavy atom. The van der Waals surface area contributed by atoms with Crippen molar-refractivity contribution >= 4 is 30.0 Å². The number of rotatable bonds is 16. The van der Waals surface area contributed by atoms with E-state index in [2.05, 4.69) is 58.4 Å². The van der Waals surface area contributed by atoms with E-state index < -0.39 is 18.0 Å². The summed E-state index contributed by atoms with van der Waals surface area (Å²) in [5, 5.41) is 16.6. The molecule has 266 valence electrons. The molecule has 47 heavy (non-hydrogen) atoms. The third-order valence-corrected chi connectivity index (χ3v) is 5.46. The molecule has 0 spiro atoms. The molecule has 9 heteroatoms. The smallest absolute Gasteiger partial charge is 0.333 e. The number of carboxylic acid groups (broad SMARTS) is 1. The molecule has 0 saturated carbocycles. The highest BCUT2D eigenvalue weighted by atomic mass is 16.5. The Bertz CT molecular complexity index is 1040. The molecule has 0 aliphatic carbocycles. The fourth-order valence-electron chi connectivity index (χ4n) is 2.50. The van der Waals surface area contributed by atoms with Crippen LogP contribution in [0.15, 0.2) is 86.0 Å². The summed E-state index contributed by atoms with van der Waals surface area (Å²) in [6, 6.07) is 10.0. The molecule has 2 unspecified atom stereocenters. The van der Waals surface area contributed by atoms with Crippen molar-refractivity contribution in [1.82, 2.24) is 0 Å². The van der Waals surface area contributed by atoms with Gasteiger partial charge in [0.2, 0.25) is 0 Å². The highest BCUT2D eigenvalue weighted by Crippen LogP contribution is 2.12. The lowest BCUT2D eigenvalue weighted by molar-refractivity contribution is -0.141. The van der Waals surface area contributed by atoms with Crippen LogP contribution in [0.4, 0.5) is 0 Å². The van der Waals surface area contributed by atoms with Crippen LogP contribution in [0.2, 0.25) is 0 Å². The Balaban J connectivity index is -0.000000251. The molecular formula is C38H60O9. The Hall–Kier alpha value is -4.24. The predicted octanol–water partition coefficient (Wildman–Crippen LogP) is 8.30. The number of hydrogen-bond acceptors (Lipinski definition) is 8. The number of benzene rings is 1. The summed E-state index contributed by atoms with van der Waals surface area (Å²) in [6.07, 6.45) is 9.05. The summed E-state index contributed by atoms with van der Waals surface area (Å²) < 4.78 is 14.4. The minimum atomic E-state index is -0.935. The number of aliphatic hydroxyl groups excluding tert-OH is 1. The maximum Gasteiger partial charge on any atom is 0.333 e. The summed E-state index contributed by atoms with van der Waals surface area (Å²) in [4.78, 5) is 41.7. The van der Waals surface area contributed by atoms with Gasteiger partial charge in [-0.15, -0.1) is 0 Å². The number of esters is 3. The fourth-order valence-corrected chi connectivity index (χ4v) is 2.50. The van der Waals surface area contributed by atoms with Crippen molar-refractivity contribution < 1.29 is 43.6 Å². The third kappa shape index (κ3) is 39.7. The van der Waals surface area contributed by atoms with Gasteiger partial charge in [0.15, 0.2) is 0 Å². The quantitative estimate of drug-likeness (QED) is 0.0776. The van der Waals surface area contributed by atoms with Gasteiger partial charge in [-0.2, -0.15) is 0 Å². The normalized spacial score (nSPS) is 10.3. The second-order valence-electron chi connectivity index (χ2n) is 10.4. The first-order valence-electron chi connectivity index (χ1n) is 15.7. The minimum Gasteiger partial charge on any atom is -0.478 e. The summed E-state index contributed by atoms with van der Waals surface area (Å²) in [7, 11) is 0. The zero-order chi connectivity index (χ0) is 37.2. The molecule has 0 radical (unpaired) electrons. The van der Waals surface area contributed by atoms with Crippen LogP contribution < -0.4 is 0 Å². The zero-order valence-corrected chi connectivity index (χ0v) is 29.8. The third-order valence-electron chi connectivity index (χ3n) is 5.46. The molecule has 2 atom stereocenters. The maximum atomic E-state index is 10.8. The van der Waals surface area contributed by atoms with Gasteiger partial charge in [0.1, 0.15) is 6.61 Å². The van der Waals surface area contributed by atoms with Crippen LogP contribution in [0.25, 0.3) is 6.08 Å². The van der Waals surface area contributed by atoms with E-state index >= 15 is 0 Å². The molecular weight excluding hydrogens is 600 g/mol. The Morgan fingerprint density at radius 3 is 1.62 bits per heavy atom. The molecule has 0 heterocycles. The first-order valence-corrected chi connectivity index (χ1v) is 15.7. The van der Waals surface area contributed by atoms with Crippen LogP contribution >= 0.6 is 0 Å². The lowest BCUT2D eigenvalue weighted by Crippen LogP contribution is -2.15. The fraction of sp³-hybridized carbons (Fsp3) is 0.474. The van der Waals surface area contributed by atoms with Crippen molar-refractivity contribution in [3.05, 3.63) is 91.6 Å². The zero-order valence-electron chi connectivity index (χ0n) is 29.8. The molecule has 0 aliphatic heterocycles. The van der Waals surface area contributed by atoms with Gasteiger partial charge in [0.05, 0.1) is 19.3 Å². The monoisotopic (exact) mass is 660 g/mol. The van der Waals surface area contributed by atoms with Gasteiger partial charge in [-0.25, -0.2) is 19.2 Å². The second-order valence-corrected chi connectivity index (χ2v) is 10.4. The van der Waals surface area contributed by atoms with Gasteiger partial charge in [0, 0.05) is 22.8 Å². The number of carbonyl (C=O) groups is 4. The van der Waals surface area contributed by atoms with Crippen LogP contribution in [0.1, 0.15) is 92.6 Å². The number of hydrogen-bond donors (Lipinski definition) is 2. The van der Waals surface area contributed by atoms with Gasteiger partial charge >= 0.3 is 23.9 Å². The Kier molecular flexibility index (Phi) is 36.6. The van der Waals surface area contributed by atoms with Crippen molar-refractivity contribution in [2.75, 3.05) is 19.8 Å². The first-order chi connectivity index (χ1) is 22.0. The Labute approximate surface area is 283 Å². The minimum absolute atomic E-state index is 0.0334. The molecule has 0 bridgehead atoms. The van der Waals surface area contributed by atoms with Crippen molar-refractivity contribution in [1.29, 1.82) is 0 Å². The lowest BCUT2D eigenvalue weighted by atomic mass is 10.0. The molecule has 0 saturated heterocycles. The number of aliphatic hydroxyl groups is 1. The van der Waals surface area contributed by atoms with Crippen molar-refractivity contribution in [3.8, 4) is 0 Å². The van der Waals surface area contributed by atoms with E-state index in [-0.39, 0.29) is 24.1 Å². The van der Waals surface area contributed by atoms with E-state index in [9.17, 15) is 19.2 Å². The van der Waals surface area contributed by atoms with Crippen molar-refractivity contribution in [2.45, 2.75) is 93.1 Å². The molecule has 1 rings (SSSR count). The van der Waals surface area contributed by atoms with Crippen LogP contribution in [0.3, 0.4) is 0 Å². The van der Waals surface area contributed by atoms with Crippen molar-refractivity contribution in [3.63, 3.8) is 0 Å². The average molecular weight is 661 g/mol. The van der Waals surface area contributed by atoms with Crippen LogP contribution in [-0.4, -0.2) is 60.0 Å². The van der Waals surface area contributed by atoms with E-state index in [0.717, 1.165) is 25.7 Å².